The van der Waals surface area contributed by atoms with Gasteiger partial charge in [-0.05, 0) is 11.8 Å². The number of hydrogen-bond donors (Lipinski definition) is 2. The van der Waals surface area contributed by atoms with Crippen LogP contribution in [0.1, 0.15) is 40.4 Å². The normalized spacial score (nSPS) is 18.2. The van der Waals surface area contributed by atoms with Crippen molar-refractivity contribution in [2.45, 2.75) is 53.7 Å². The van der Waals surface area contributed by atoms with E-state index in [0.29, 0.717) is 11.8 Å². The highest BCUT2D eigenvalue weighted by Crippen LogP contribution is 2.07. The van der Waals surface area contributed by atoms with Crippen molar-refractivity contribution in [3.8, 4) is 0 Å². The molecule has 9 heteroatoms. The summed E-state index contributed by atoms with van der Waals surface area (Å²) in [5.41, 5.74) is 0. The van der Waals surface area contributed by atoms with E-state index in [4.69, 9.17) is 9.73 Å². The highest BCUT2D eigenvalue weighted by Gasteiger charge is 2.21. The zero-order chi connectivity index (χ0) is 20.4. The molecule has 1 aromatic rings. The van der Waals surface area contributed by atoms with Gasteiger partial charge in [0.1, 0.15) is 12.2 Å². The standard InChI is InChI=1S/C20H39N7O.HI/c1-6-19-25-24-15-27(19)8-7-21-20(22-11-16(2)3)23-12-18-14-26(9-10-28-18)13-17(4)5;/h15-18H,6-14H2,1-5H3,(H2,21,22,23);1H. The van der Waals surface area contributed by atoms with Gasteiger partial charge in [-0.3, -0.25) is 9.89 Å². The van der Waals surface area contributed by atoms with Crippen molar-refractivity contribution >= 4 is 29.9 Å². The Kier molecular flexibility index (Phi) is 12.7. The molecule has 8 nitrogen and oxygen atoms in total. The number of morpholine rings is 1. The highest BCUT2D eigenvalue weighted by atomic mass is 127. The van der Waals surface area contributed by atoms with Crippen LogP contribution in [0.15, 0.2) is 11.3 Å². The quantitative estimate of drug-likeness (QED) is 0.279. The predicted octanol–water partition coefficient (Wildman–Crippen LogP) is 2.01. The molecule has 0 bridgehead atoms. The van der Waals surface area contributed by atoms with E-state index < -0.39 is 0 Å². The van der Waals surface area contributed by atoms with Gasteiger partial charge in [0.25, 0.3) is 0 Å². The molecule has 0 aromatic carbocycles. The first-order valence-electron chi connectivity index (χ1n) is 10.7. The first-order chi connectivity index (χ1) is 13.5. The van der Waals surface area contributed by atoms with Gasteiger partial charge in [0.15, 0.2) is 5.96 Å². The fraction of sp³-hybridized carbons (Fsp3) is 0.850. The Labute approximate surface area is 193 Å². The van der Waals surface area contributed by atoms with E-state index in [1.807, 2.05) is 0 Å². The summed E-state index contributed by atoms with van der Waals surface area (Å²) in [5.74, 6) is 3.07. The van der Waals surface area contributed by atoms with E-state index in [1.54, 1.807) is 6.33 Å². The Hall–Kier alpha value is -0.940. The van der Waals surface area contributed by atoms with E-state index >= 15 is 0 Å². The third-order valence-corrected chi connectivity index (χ3v) is 4.62. The molecule has 168 valence electrons. The molecule has 2 N–H and O–H groups in total. The van der Waals surface area contributed by atoms with Crippen LogP contribution < -0.4 is 10.6 Å². The van der Waals surface area contributed by atoms with Gasteiger partial charge in [0.05, 0.1) is 12.7 Å². The van der Waals surface area contributed by atoms with Crippen molar-refractivity contribution < 1.29 is 4.74 Å². The molecule has 1 aromatic heterocycles. The van der Waals surface area contributed by atoms with Crippen LogP contribution in [0.25, 0.3) is 0 Å². The number of aliphatic imine (C=N–C) groups is 1. The molecular weight excluding hydrogens is 481 g/mol. The summed E-state index contributed by atoms with van der Waals surface area (Å²) in [6, 6.07) is 0. The molecule has 0 radical (unpaired) electrons. The van der Waals surface area contributed by atoms with Gasteiger partial charge in [-0.15, -0.1) is 34.2 Å². The van der Waals surface area contributed by atoms with Gasteiger partial charge >= 0.3 is 0 Å². The number of nitrogens with one attached hydrogen (secondary N) is 2. The summed E-state index contributed by atoms with van der Waals surface area (Å²) in [6.07, 6.45) is 2.87. The van der Waals surface area contributed by atoms with Crippen LogP contribution in [0.4, 0.5) is 0 Å². The second-order valence-corrected chi connectivity index (χ2v) is 8.33. The average Bonchev–Trinajstić information content (AvgIpc) is 3.10. The van der Waals surface area contributed by atoms with Crippen LogP contribution in [0.3, 0.4) is 0 Å². The molecule has 1 unspecified atom stereocenters. The summed E-state index contributed by atoms with van der Waals surface area (Å²) >= 11 is 0. The van der Waals surface area contributed by atoms with Crippen LogP contribution >= 0.6 is 24.0 Å². The minimum Gasteiger partial charge on any atom is -0.374 e. The van der Waals surface area contributed by atoms with Crippen molar-refractivity contribution in [1.82, 2.24) is 30.3 Å². The minimum absolute atomic E-state index is 0. The van der Waals surface area contributed by atoms with Crippen LogP contribution in [0, 0.1) is 11.8 Å². The summed E-state index contributed by atoms with van der Waals surface area (Å²) in [5, 5.41) is 15.0. The van der Waals surface area contributed by atoms with E-state index in [0.717, 1.165) is 70.6 Å². The van der Waals surface area contributed by atoms with Crippen molar-refractivity contribution in [3.05, 3.63) is 12.2 Å². The van der Waals surface area contributed by atoms with E-state index in [9.17, 15) is 0 Å². The second-order valence-electron chi connectivity index (χ2n) is 8.33. The zero-order valence-electron chi connectivity index (χ0n) is 18.7. The van der Waals surface area contributed by atoms with Gasteiger partial charge in [-0.25, -0.2) is 0 Å². The fourth-order valence-electron chi connectivity index (χ4n) is 3.28. The number of ether oxygens (including phenoxy) is 1. The first kappa shape index (κ1) is 26.1. The van der Waals surface area contributed by atoms with Gasteiger partial charge in [-0.2, -0.15) is 0 Å². The lowest BCUT2D eigenvalue weighted by Gasteiger charge is -2.34. The maximum Gasteiger partial charge on any atom is 0.191 e. The van der Waals surface area contributed by atoms with Crippen molar-refractivity contribution in [3.63, 3.8) is 0 Å². The second kappa shape index (κ2) is 14.1. The lowest BCUT2D eigenvalue weighted by molar-refractivity contribution is -0.0284. The summed E-state index contributed by atoms with van der Waals surface area (Å²) < 4.78 is 8.04. The Bertz CT molecular complexity index is 591. The number of rotatable bonds is 10. The topological polar surface area (TPSA) is 79.6 Å². The van der Waals surface area contributed by atoms with Crippen LogP contribution in [-0.2, 0) is 17.7 Å². The third kappa shape index (κ3) is 10.1. The zero-order valence-corrected chi connectivity index (χ0v) is 21.1. The van der Waals surface area contributed by atoms with Gasteiger partial charge < -0.3 is 19.9 Å². The molecular formula is C20H40IN7O. The van der Waals surface area contributed by atoms with Crippen LogP contribution in [0.2, 0.25) is 0 Å². The van der Waals surface area contributed by atoms with Gasteiger partial charge in [0.2, 0.25) is 0 Å². The molecule has 0 saturated carbocycles. The largest absolute Gasteiger partial charge is 0.374 e. The number of guanidine groups is 1. The van der Waals surface area contributed by atoms with Crippen molar-refractivity contribution in [1.29, 1.82) is 0 Å². The number of halogens is 1. The van der Waals surface area contributed by atoms with Crippen molar-refractivity contribution in [2.75, 3.05) is 45.9 Å². The molecule has 2 heterocycles. The average molecular weight is 521 g/mol. The van der Waals surface area contributed by atoms with Crippen LogP contribution in [0.5, 0.6) is 0 Å². The van der Waals surface area contributed by atoms with Gasteiger partial charge in [-0.1, -0.05) is 34.6 Å². The molecule has 1 fully saturated rings. The molecule has 1 aliphatic heterocycles. The van der Waals surface area contributed by atoms with Crippen molar-refractivity contribution in [2.24, 2.45) is 16.8 Å². The predicted molar refractivity (Wildman–Crippen MR) is 129 cm³/mol. The summed E-state index contributed by atoms with van der Waals surface area (Å²) in [6.45, 7) is 18.1. The Balaban J connectivity index is 0.00000420. The Morgan fingerprint density at radius 1 is 1.28 bits per heavy atom. The molecule has 1 atom stereocenters. The lowest BCUT2D eigenvalue weighted by Crippen LogP contribution is -2.50. The SMILES string of the molecule is CCc1nncn1CCNC(=NCC(C)C)NCC1CN(CC(C)C)CCO1.I. The van der Waals surface area contributed by atoms with E-state index in [1.165, 1.54) is 0 Å². The monoisotopic (exact) mass is 521 g/mol. The highest BCUT2D eigenvalue weighted by molar-refractivity contribution is 14.0. The number of hydrogen-bond acceptors (Lipinski definition) is 5. The molecule has 1 aliphatic rings. The lowest BCUT2D eigenvalue weighted by atomic mass is 10.2. The van der Waals surface area contributed by atoms with Gasteiger partial charge in [0, 0.05) is 52.2 Å². The molecule has 29 heavy (non-hydrogen) atoms. The molecule has 2 rings (SSSR count). The number of aryl methyl sites for hydroxylation is 1. The molecule has 1 saturated heterocycles. The van der Waals surface area contributed by atoms with E-state index in [2.05, 4.69) is 64.9 Å². The minimum atomic E-state index is 0. The molecule has 0 spiro atoms. The number of aromatic nitrogens is 3. The smallest absolute Gasteiger partial charge is 0.191 e. The summed E-state index contributed by atoms with van der Waals surface area (Å²) in [4.78, 5) is 7.22. The Morgan fingerprint density at radius 2 is 2.07 bits per heavy atom. The maximum absolute atomic E-state index is 5.95. The Morgan fingerprint density at radius 3 is 2.76 bits per heavy atom. The molecule has 0 amide bonds. The van der Waals surface area contributed by atoms with Crippen LogP contribution in [-0.4, -0.2) is 77.6 Å². The number of nitrogens with zero attached hydrogens (tertiary/aromatic N) is 5. The van der Waals surface area contributed by atoms with E-state index in [-0.39, 0.29) is 30.1 Å². The molecule has 0 aliphatic carbocycles. The third-order valence-electron chi connectivity index (χ3n) is 4.62. The maximum atomic E-state index is 5.95. The fourth-order valence-corrected chi connectivity index (χ4v) is 3.28. The first-order valence-corrected chi connectivity index (χ1v) is 10.7. The summed E-state index contributed by atoms with van der Waals surface area (Å²) in [7, 11) is 0.